The van der Waals surface area contributed by atoms with Crippen LogP contribution in [0.25, 0.3) is 0 Å². The predicted molar refractivity (Wildman–Crippen MR) is 66.1 cm³/mol. The van der Waals surface area contributed by atoms with Gasteiger partial charge < -0.3 is 19.7 Å². The normalized spacial score (nSPS) is 17.2. The number of ether oxygens (including phenoxy) is 2. The van der Waals surface area contributed by atoms with Crippen LogP contribution in [0.2, 0.25) is 0 Å². The molecule has 0 radical (unpaired) electrons. The lowest BCUT2D eigenvalue weighted by molar-refractivity contribution is 0.0718. The first kappa shape index (κ1) is 14.3. The summed E-state index contributed by atoms with van der Waals surface area (Å²) >= 11 is 0. The molecule has 0 atom stereocenters. The van der Waals surface area contributed by atoms with Crippen LogP contribution in [0.15, 0.2) is 0 Å². The third-order valence-corrected chi connectivity index (χ3v) is 3.03. The summed E-state index contributed by atoms with van der Waals surface area (Å²) in [6, 6.07) is 0.0345. The van der Waals surface area contributed by atoms with Gasteiger partial charge in [0.2, 0.25) is 0 Å². The minimum absolute atomic E-state index is 0.0345. The summed E-state index contributed by atoms with van der Waals surface area (Å²) in [5.41, 5.74) is 0. The molecule has 1 fully saturated rings. The monoisotopic (exact) mass is 244 g/mol. The molecule has 0 bridgehead atoms. The Morgan fingerprint density at radius 2 is 2.00 bits per heavy atom. The van der Waals surface area contributed by atoms with Crippen LogP contribution in [0.1, 0.15) is 19.8 Å². The van der Waals surface area contributed by atoms with E-state index in [1.54, 1.807) is 7.11 Å². The van der Waals surface area contributed by atoms with Gasteiger partial charge in [0.25, 0.3) is 0 Å². The van der Waals surface area contributed by atoms with Crippen molar-refractivity contribution in [2.45, 2.75) is 19.8 Å². The largest absolute Gasteiger partial charge is 0.382 e. The standard InChI is InChI=1S/C12H24N2O3/c1-11-3-6-14(7-4-11)12(15)13-5-8-17-10-9-16-2/h11H,3-10H2,1-2H3,(H,13,15). The molecule has 1 rings (SSSR count). The predicted octanol–water partition coefficient (Wildman–Crippen LogP) is 1.09. The third-order valence-electron chi connectivity index (χ3n) is 3.03. The maximum absolute atomic E-state index is 11.7. The average molecular weight is 244 g/mol. The van der Waals surface area contributed by atoms with Crippen LogP contribution in [0.4, 0.5) is 4.79 Å². The molecule has 2 amide bonds. The number of carbonyl (C=O) groups is 1. The molecule has 1 aliphatic heterocycles. The van der Waals surface area contributed by atoms with Crippen molar-refractivity contribution in [2.24, 2.45) is 5.92 Å². The number of nitrogens with zero attached hydrogens (tertiary/aromatic N) is 1. The SMILES string of the molecule is COCCOCCNC(=O)N1CCC(C)CC1. The van der Waals surface area contributed by atoms with Crippen LogP contribution in [0.3, 0.4) is 0 Å². The number of hydrogen-bond acceptors (Lipinski definition) is 3. The van der Waals surface area contributed by atoms with E-state index in [2.05, 4.69) is 12.2 Å². The van der Waals surface area contributed by atoms with Gasteiger partial charge in [0, 0.05) is 26.7 Å². The van der Waals surface area contributed by atoms with Gasteiger partial charge in [-0.05, 0) is 18.8 Å². The molecule has 100 valence electrons. The van der Waals surface area contributed by atoms with Crippen molar-refractivity contribution in [3.05, 3.63) is 0 Å². The third kappa shape index (κ3) is 5.89. The van der Waals surface area contributed by atoms with Gasteiger partial charge in [-0.25, -0.2) is 4.79 Å². The summed E-state index contributed by atoms with van der Waals surface area (Å²) in [5.74, 6) is 0.747. The molecule has 1 heterocycles. The van der Waals surface area contributed by atoms with Crippen LogP contribution in [-0.2, 0) is 9.47 Å². The molecule has 0 aliphatic carbocycles. The van der Waals surface area contributed by atoms with E-state index in [4.69, 9.17) is 9.47 Å². The fourth-order valence-corrected chi connectivity index (χ4v) is 1.80. The fourth-order valence-electron chi connectivity index (χ4n) is 1.80. The molecule has 0 aromatic rings. The maximum atomic E-state index is 11.7. The fraction of sp³-hybridized carbons (Fsp3) is 0.917. The van der Waals surface area contributed by atoms with Crippen molar-refractivity contribution in [3.63, 3.8) is 0 Å². The Morgan fingerprint density at radius 3 is 2.65 bits per heavy atom. The Balaban J connectivity index is 2.01. The van der Waals surface area contributed by atoms with Gasteiger partial charge in [-0.2, -0.15) is 0 Å². The number of piperidine rings is 1. The molecule has 1 N–H and O–H groups in total. The summed E-state index contributed by atoms with van der Waals surface area (Å²) in [6.45, 7) is 6.26. The van der Waals surface area contributed by atoms with Gasteiger partial charge in [0.1, 0.15) is 0 Å². The van der Waals surface area contributed by atoms with Crippen molar-refractivity contribution in [1.82, 2.24) is 10.2 Å². The second-order valence-electron chi connectivity index (χ2n) is 4.51. The highest BCUT2D eigenvalue weighted by molar-refractivity contribution is 5.74. The number of likely N-dealkylation sites (tertiary alicyclic amines) is 1. The molecule has 17 heavy (non-hydrogen) atoms. The Hall–Kier alpha value is -0.810. The first-order chi connectivity index (χ1) is 8.24. The highest BCUT2D eigenvalue weighted by Crippen LogP contribution is 2.15. The molecule has 0 saturated carbocycles. The molecular weight excluding hydrogens is 220 g/mol. The zero-order valence-electron chi connectivity index (χ0n) is 10.9. The zero-order valence-corrected chi connectivity index (χ0v) is 10.9. The molecule has 0 aromatic heterocycles. The molecule has 1 saturated heterocycles. The molecule has 0 spiro atoms. The minimum atomic E-state index is 0.0345. The lowest BCUT2D eigenvalue weighted by Crippen LogP contribution is -2.45. The van der Waals surface area contributed by atoms with Crippen LogP contribution in [0.5, 0.6) is 0 Å². The topological polar surface area (TPSA) is 50.8 Å². The number of carbonyl (C=O) groups excluding carboxylic acids is 1. The summed E-state index contributed by atoms with van der Waals surface area (Å²) in [5, 5.41) is 2.87. The van der Waals surface area contributed by atoms with Gasteiger partial charge in [-0.1, -0.05) is 6.92 Å². The van der Waals surface area contributed by atoms with Gasteiger partial charge in [-0.15, -0.1) is 0 Å². The first-order valence-electron chi connectivity index (χ1n) is 6.33. The molecule has 1 aliphatic rings. The van der Waals surface area contributed by atoms with Crippen molar-refractivity contribution < 1.29 is 14.3 Å². The van der Waals surface area contributed by atoms with Crippen LogP contribution >= 0.6 is 0 Å². The van der Waals surface area contributed by atoms with E-state index in [1.807, 2.05) is 4.90 Å². The maximum Gasteiger partial charge on any atom is 0.317 e. The molecular formula is C12H24N2O3. The highest BCUT2D eigenvalue weighted by Gasteiger charge is 2.19. The first-order valence-corrected chi connectivity index (χ1v) is 6.33. The molecule has 5 heteroatoms. The number of methoxy groups -OCH3 is 1. The molecule has 5 nitrogen and oxygen atoms in total. The Bertz CT molecular complexity index is 216. The van der Waals surface area contributed by atoms with Crippen molar-refractivity contribution in [3.8, 4) is 0 Å². The second kappa shape index (κ2) is 8.31. The summed E-state index contributed by atoms with van der Waals surface area (Å²) in [4.78, 5) is 13.6. The summed E-state index contributed by atoms with van der Waals surface area (Å²) in [6.07, 6.45) is 2.22. The quantitative estimate of drug-likeness (QED) is 0.712. The summed E-state index contributed by atoms with van der Waals surface area (Å²) < 4.78 is 10.1. The number of amides is 2. The second-order valence-corrected chi connectivity index (χ2v) is 4.51. The Labute approximate surface area is 103 Å². The molecule has 0 unspecified atom stereocenters. The lowest BCUT2D eigenvalue weighted by atomic mass is 10.00. The zero-order chi connectivity index (χ0) is 12.5. The Kier molecular flexibility index (Phi) is 6.96. The molecule has 0 aromatic carbocycles. The van der Waals surface area contributed by atoms with Crippen molar-refractivity contribution >= 4 is 6.03 Å². The van der Waals surface area contributed by atoms with E-state index in [1.165, 1.54) is 0 Å². The van der Waals surface area contributed by atoms with E-state index in [-0.39, 0.29) is 6.03 Å². The van der Waals surface area contributed by atoms with E-state index in [0.717, 1.165) is 31.8 Å². The van der Waals surface area contributed by atoms with Crippen LogP contribution < -0.4 is 5.32 Å². The minimum Gasteiger partial charge on any atom is -0.382 e. The van der Waals surface area contributed by atoms with E-state index in [0.29, 0.717) is 26.4 Å². The van der Waals surface area contributed by atoms with E-state index >= 15 is 0 Å². The van der Waals surface area contributed by atoms with Crippen molar-refractivity contribution in [2.75, 3.05) is 46.6 Å². The van der Waals surface area contributed by atoms with Crippen LogP contribution in [-0.4, -0.2) is 57.5 Å². The number of hydrogen-bond donors (Lipinski definition) is 1. The highest BCUT2D eigenvalue weighted by atomic mass is 16.5. The van der Waals surface area contributed by atoms with Crippen LogP contribution in [0, 0.1) is 5.92 Å². The number of nitrogens with one attached hydrogen (secondary N) is 1. The summed E-state index contributed by atoms with van der Waals surface area (Å²) in [7, 11) is 1.64. The van der Waals surface area contributed by atoms with Gasteiger partial charge in [0.15, 0.2) is 0 Å². The van der Waals surface area contributed by atoms with Gasteiger partial charge in [-0.3, -0.25) is 0 Å². The van der Waals surface area contributed by atoms with E-state index in [9.17, 15) is 4.79 Å². The number of urea groups is 1. The van der Waals surface area contributed by atoms with Gasteiger partial charge in [0.05, 0.1) is 19.8 Å². The van der Waals surface area contributed by atoms with Gasteiger partial charge >= 0.3 is 6.03 Å². The Morgan fingerprint density at radius 1 is 1.29 bits per heavy atom. The lowest BCUT2D eigenvalue weighted by Gasteiger charge is -2.30. The van der Waals surface area contributed by atoms with E-state index < -0.39 is 0 Å². The number of rotatable bonds is 6. The van der Waals surface area contributed by atoms with Crippen molar-refractivity contribution in [1.29, 1.82) is 0 Å². The average Bonchev–Trinajstić information content (AvgIpc) is 2.34. The smallest absolute Gasteiger partial charge is 0.317 e.